The average Bonchev–Trinajstić information content (AvgIpc) is 2.79. The summed E-state index contributed by atoms with van der Waals surface area (Å²) in [6, 6.07) is 11.6. The number of ether oxygens (including phenoxy) is 2. The number of aromatic nitrogens is 1. The minimum absolute atomic E-state index is 0.0941. The molecule has 9 heteroatoms. The molecule has 178 valence electrons. The molecule has 0 aliphatic carbocycles. The summed E-state index contributed by atoms with van der Waals surface area (Å²) in [6.45, 7) is 3.78. The van der Waals surface area contributed by atoms with Gasteiger partial charge in [-0.05, 0) is 24.1 Å². The zero-order valence-corrected chi connectivity index (χ0v) is 19.9. The molecule has 3 heterocycles. The summed E-state index contributed by atoms with van der Waals surface area (Å²) >= 11 is 1.48. The third kappa shape index (κ3) is 4.97. The third-order valence-corrected chi connectivity index (χ3v) is 7.19. The maximum atomic E-state index is 14.9. The number of anilines is 1. The number of benzene rings is 1. The minimum Gasteiger partial charge on any atom is -0.491 e. The molecule has 0 unspecified atom stereocenters. The molecule has 0 bridgehead atoms. The van der Waals surface area contributed by atoms with Crippen molar-refractivity contribution in [3.05, 3.63) is 35.4 Å². The standard InChI is InChI=1S/C25H27FN4O3S/c1-2-7-25(26)15-30(16-25)23-20(10-27)22(18-3-5-19(6-4-18)33-9-8-31)21(11-28)24(29-23)34-14-17-12-32-13-17/h3-6,17,31H,2,7-9,12-16H2,1H3. The van der Waals surface area contributed by atoms with Gasteiger partial charge in [-0.2, -0.15) is 10.5 Å². The van der Waals surface area contributed by atoms with Gasteiger partial charge in [0.2, 0.25) is 0 Å². The monoisotopic (exact) mass is 482 g/mol. The Morgan fingerprint density at radius 2 is 1.94 bits per heavy atom. The Hall–Kier alpha value is -2.85. The van der Waals surface area contributed by atoms with Gasteiger partial charge in [-0.15, -0.1) is 11.8 Å². The smallest absolute Gasteiger partial charge is 0.148 e. The third-order valence-electron chi connectivity index (χ3n) is 5.98. The van der Waals surface area contributed by atoms with Crippen molar-refractivity contribution in [1.82, 2.24) is 4.98 Å². The number of thioether (sulfide) groups is 1. The highest BCUT2D eigenvalue weighted by atomic mass is 32.2. The zero-order valence-electron chi connectivity index (χ0n) is 19.1. The Bertz CT molecular complexity index is 1100. The fourth-order valence-corrected chi connectivity index (χ4v) is 5.26. The molecule has 0 radical (unpaired) electrons. The van der Waals surface area contributed by atoms with Gasteiger partial charge in [0.05, 0.1) is 38.5 Å². The normalized spacial score (nSPS) is 16.8. The van der Waals surface area contributed by atoms with Gasteiger partial charge in [0.1, 0.15) is 46.6 Å². The fraction of sp³-hybridized carbons (Fsp3) is 0.480. The van der Waals surface area contributed by atoms with E-state index in [9.17, 15) is 14.9 Å². The number of aliphatic hydroxyl groups is 1. The molecular weight excluding hydrogens is 455 g/mol. The van der Waals surface area contributed by atoms with E-state index in [1.54, 1.807) is 29.2 Å². The highest BCUT2D eigenvalue weighted by Crippen LogP contribution is 2.42. The first-order chi connectivity index (χ1) is 16.5. The topological polar surface area (TPSA) is 102 Å². The number of hydrogen-bond donors (Lipinski definition) is 1. The Kier molecular flexibility index (Phi) is 7.57. The molecule has 0 saturated carbocycles. The largest absolute Gasteiger partial charge is 0.491 e. The van der Waals surface area contributed by atoms with E-state index in [4.69, 9.17) is 19.6 Å². The van der Waals surface area contributed by atoms with Crippen LogP contribution < -0.4 is 9.64 Å². The van der Waals surface area contributed by atoms with E-state index in [-0.39, 0.29) is 31.9 Å². The number of hydrogen-bond acceptors (Lipinski definition) is 8. The van der Waals surface area contributed by atoms with Crippen LogP contribution in [-0.2, 0) is 4.74 Å². The first-order valence-electron chi connectivity index (χ1n) is 11.4. The van der Waals surface area contributed by atoms with Crippen LogP contribution in [0, 0.1) is 28.6 Å². The maximum absolute atomic E-state index is 14.9. The van der Waals surface area contributed by atoms with Crippen molar-refractivity contribution >= 4 is 17.6 Å². The van der Waals surface area contributed by atoms with Crippen molar-refractivity contribution in [2.24, 2.45) is 5.92 Å². The first kappa shape index (κ1) is 24.3. The van der Waals surface area contributed by atoms with Gasteiger partial charge in [0.15, 0.2) is 0 Å². The number of nitriles is 2. The predicted octanol–water partition coefficient (Wildman–Crippen LogP) is 3.93. The Balaban J connectivity index is 1.76. The second kappa shape index (κ2) is 10.6. The number of aliphatic hydroxyl groups excluding tert-OH is 1. The van der Waals surface area contributed by atoms with E-state index in [1.807, 2.05) is 6.92 Å². The van der Waals surface area contributed by atoms with Gasteiger partial charge in [-0.3, -0.25) is 0 Å². The maximum Gasteiger partial charge on any atom is 0.148 e. The number of halogens is 1. The number of pyridine rings is 1. The predicted molar refractivity (Wildman–Crippen MR) is 128 cm³/mol. The van der Waals surface area contributed by atoms with Crippen LogP contribution in [0.2, 0.25) is 0 Å². The van der Waals surface area contributed by atoms with E-state index < -0.39 is 5.67 Å². The SMILES string of the molecule is CCCC1(F)CN(c2nc(SCC3COC3)c(C#N)c(-c3ccc(OCCO)cc3)c2C#N)C1. The van der Waals surface area contributed by atoms with Crippen LogP contribution in [0.4, 0.5) is 10.2 Å². The lowest BCUT2D eigenvalue weighted by molar-refractivity contribution is -0.0196. The number of alkyl halides is 1. The molecule has 1 aromatic carbocycles. The van der Waals surface area contributed by atoms with Crippen LogP contribution in [0.25, 0.3) is 11.1 Å². The second-order valence-corrected chi connectivity index (χ2v) is 9.67. The van der Waals surface area contributed by atoms with Gasteiger partial charge in [0, 0.05) is 17.2 Å². The van der Waals surface area contributed by atoms with E-state index in [2.05, 4.69) is 12.1 Å². The van der Waals surface area contributed by atoms with E-state index in [0.29, 0.717) is 58.8 Å². The van der Waals surface area contributed by atoms with Gasteiger partial charge in [-0.25, -0.2) is 9.37 Å². The summed E-state index contributed by atoms with van der Waals surface area (Å²) in [4.78, 5) is 6.52. The summed E-state index contributed by atoms with van der Waals surface area (Å²) in [5.74, 6) is 2.15. The fourth-order valence-electron chi connectivity index (χ4n) is 4.24. The van der Waals surface area contributed by atoms with E-state index in [0.717, 1.165) is 12.2 Å². The van der Waals surface area contributed by atoms with Crippen LogP contribution in [0.1, 0.15) is 30.9 Å². The van der Waals surface area contributed by atoms with Crippen molar-refractivity contribution in [2.45, 2.75) is 30.5 Å². The average molecular weight is 483 g/mol. The molecule has 2 fully saturated rings. The van der Waals surface area contributed by atoms with Gasteiger partial charge >= 0.3 is 0 Å². The molecule has 1 N–H and O–H groups in total. The molecule has 2 aromatic rings. The molecule has 0 amide bonds. The summed E-state index contributed by atoms with van der Waals surface area (Å²) in [5.41, 5.74) is 0.524. The van der Waals surface area contributed by atoms with Crippen molar-refractivity contribution < 1.29 is 19.0 Å². The lowest BCUT2D eigenvalue weighted by Crippen LogP contribution is -2.59. The van der Waals surface area contributed by atoms with E-state index in [1.165, 1.54) is 11.8 Å². The molecule has 7 nitrogen and oxygen atoms in total. The molecule has 2 aliphatic heterocycles. The van der Waals surface area contributed by atoms with Crippen LogP contribution in [-0.4, -0.2) is 61.0 Å². The van der Waals surface area contributed by atoms with Crippen molar-refractivity contribution in [2.75, 3.05) is 50.2 Å². The summed E-state index contributed by atoms with van der Waals surface area (Å²) < 4.78 is 25.7. The van der Waals surface area contributed by atoms with Crippen LogP contribution in [0.5, 0.6) is 5.75 Å². The molecule has 2 aliphatic rings. The first-order valence-corrected chi connectivity index (χ1v) is 12.4. The molecular formula is C25H27FN4O3S. The van der Waals surface area contributed by atoms with Crippen molar-refractivity contribution in [3.63, 3.8) is 0 Å². The lowest BCUT2D eigenvalue weighted by atomic mass is 9.89. The van der Waals surface area contributed by atoms with Gasteiger partial charge in [0.25, 0.3) is 0 Å². The second-order valence-electron chi connectivity index (χ2n) is 8.66. The highest BCUT2D eigenvalue weighted by molar-refractivity contribution is 7.99. The molecule has 0 atom stereocenters. The molecule has 34 heavy (non-hydrogen) atoms. The number of nitrogens with zero attached hydrogens (tertiary/aromatic N) is 4. The summed E-state index contributed by atoms with van der Waals surface area (Å²) in [6.07, 6.45) is 1.21. The molecule has 2 saturated heterocycles. The van der Waals surface area contributed by atoms with Gasteiger partial charge < -0.3 is 19.5 Å². The van der Waals surface area contributed by atoms with Crippen molar-refractivity contribution in [1.29, 1.82) is 10.5 Å². The molecule has 4 rings (SSSR count). The van der Waals surface area contributed by atoms with Gasteiger partial charge in [-0.1, -0.05) is 25.5 Å². The Morgan fingerprint density at radius 1 is 1.24 bits per heavy atom. The van der Waals surface area contributed by atoms with Crippen molar-refractivity contribution in [3.8, 4) is 29.0 Å². The lowest BCUT2D eigenvalue weighted by Gasteiger charge is -2.45. The van der Waals surface area contributed by atoms with Crippen LogP contribution >= 0.6 is 11.8 Å². The van der Waals surface area contributed by atoms with E-state index >= 15 is 0 Å². The zero-order chi connectivity index (χ0) is 24.1. The van der Waals surface area contributed by atoms with Crippen LogP contribution in [0.3, 0.4) is 0 Å². The quantitative estimate of drug-likeness (QED) is 0.508. The number of rotatable bonds is 10. The Morgan fingerprint density at radius 3 is 2.50 bits per heavy atom. The van der Waals surface area contributed by atoms with Crippen LogP contribution in [0.15, 0.2) is 29.3 Å². The molecule has 0 spiro atoms. The minimum atomic E-state index is -1.28. The Labute approximate surface area is 203 Å². The summed E-state index contributed by atoms with van der Waals surface area (Å²) in [7, 11) is 0. The highest BCUT2D eigenvalue weighted by Gasteiger charge is 2.44. The summed E-state index contributed by atoms with van der Waals surface area (Å²) in [5, 5.41) is 29.7. The molecule has 1 aromatic heterocycles.